The summed E-state index contributed by atoms with van der Waals surface area (Å²) in [7, 11) is 1.73. The topological polar surface area (TPSA) is 49.4 Å². The second-order valence-electron chi connectivity index (χ2n) is 4.06. The second kappa shape index (κ2) is 7.13. The number of hydrogen-bond donors (Lipinski definition) is 1. The van der Waals surface area contributed by atoms with Gasteiger partial charge in [0.05, 0.1) is 13.1 Å². The van der Waals surface area contributed by atoms with Crippen LogP contribution < -0.4 is 5.32 Å². The molecular formula is C13H17ClN2O2. The lowest BCUT2D eigenvalue weighted by molar-refractivity contribution is -0.121. The maximum atomic E-state index is 11.9. The van der Waals surface area contributed by atoms with Crippen LogP contribution in [0.25, 0.3) is 0 Å². The van der Waals surface area contributed by atoms with E-state index in [0.29, 0.717) is 17.1 Å². The van der Waals surface area contributed by atoms with Crippen molar-refractivity contribution in [2.45, 2.75) is 6.92 Å². The van der Waals surface area contributed by atoms with Gasteiger partial charge in [-0.2, -0.15) is 0 Å². The first kappa shape index (κ1) is 14.7. The molecule has 0 spiro atoms. The number of nitrogens with zero attached hydrogens (tertiary/aromatic N) is 1. The van der Waals surface area contributed by atoms with Crippen molar-refractivity contribution in [1.29, 1.82) is 0 Å². The fraction of sp³-hybridized carbons (Fsp3) is 0.385. The molecule has 1 aromatic carbocycles. The van der Waals surface area contributed by atoms with Crippen LogP contribution in [-0.2, 0) is 4.79 Å². The largest absolute Gasteiger partial charge is 0.355 e. The highest BCUT2D eigenvalue weighted by molar-refractivity contribution is 6.31. The van der Waals surface area contributed by atoms with Crippen LogP contribution in [0, 0.1) is 0 Å². The highest BCUT2D eigenvalue weighted by Gasteiger charge is 2.12. The zero-order valence-corrected chi connectivity index (χ0v) is 11.3. The van der Waals surface area contributed by atoms with Crippen LogP contribution in [0.15, 0.2) is 24.3 Å². The van der Waals surface area contributed by atoms with E-state index in [1.165, 1.54) is 0 Å². The predicted octanol–water partition coefficient (Wildman–Crippen LogP) is 1.59. The number of ketones is 1. The Morgan fingerprint density at radius 2 is 2.06 bits per heavy atom. The van der Waals surface area contributed by atoms with E-state index in [1.807, 2.05) is 6.92 Å². The summed E-state index contributed by atoms with van der Waals surface area (Å²) in [4.78, 5) is 24.9. The van der Waals surface area contributed by atoms with Gasteiger partial charge in [-0.25, -0.2) is 0 Å². The van der Waals surface area contributed by atoms with Gasteiger partial charge in [0.2, 0.25) is 5.91 Å². The summed E-state index contributed by atoms with van der Waals surface area (Å²) in [5.74, 6) is -0.136. The molecule has 0 aliphatic heterocycles. The number of likely N-dealkylation sites (N-methyl/N-ethyl adjacent to an activating group) is 2. The molecule has 0 atom stereocenters. The van der Waals surface area contributed by atoms with E-state index in [1.54, 1.807) is 36.2 Å². The number of Topliss-reactive ketones (excluding diaryl/α,β-unsaturated/α-hetero) is 1. The number of halogens is 1. The first-order valence-electron chi connectivity index (χ1n) is 5.77. The second-order valence-corrected chi connectivity index (χ2v) is 4.50. The number of nitrogens with one attached hydrogen (secondary N) is 1. The normalized spacial score (nSPS) is 10.4. The van der Waals surface area contributed by atoms with E-state index in [0.717, 1.165) is 0 Å². The average Bonchev–Trinajstić information content (AvgIpc) is 2.28. The number of benzene rings is 1. The van der Waals surface area contributed by atoms with Gasteiger partial charge in [-0.15, -0.1) is 0 Å². The van der Waals surface area contributed by atoms with Crippen molar-refractivity contribution >= 4 is 23.3 Å². The number of carbonyl (C=O) groups excluding carboxylic acids is 2. The minimum absolute atomic E-state index is 0.0516. The van der Waals surface area contributed by atoms with Crippen molar-refractivity contribution in [3.05, 3.63) is 34.9 Å². The minimum atomic E-state index is -0.0844. The molecule has 5 heteroatoms. The Morgan fingerprint density at radius 3 is 2.67 bits per heavy atom. The molecule has 1 amide bonds. The SMILES string of the molecule is CCNC(=O)CN(C)CC(=O)c1cccc(Cl)c1. The zero-order chi connectivity index (χ0) is 13.5. The molecule has 0 saturated heterocycles. The first-order valence-corrected chi connectivity index (χ1v) is 6.14. The molecule has 0 aromatic heterocycles. The van der Waals surface area contributed by atoms with Gasteiger partial charge in [-0.3, -0.25) is 14.5 Å². The molecule has 98 valence electrons. The van der Waals surface area contributed by atoms with E-state index in [2.05, 4.69) is 5.32 Å². The summed E-state index contributed by atoms with van der Waals surface area (Å²) in [5.41, 5.74) is 0.560. The molecule has 0 aliphatic rings. The third-order valence-electron chi connectivity index (χ3n) is 2.35. The third kappa shape index (κ3) is 4.85. The van der Waals surface area contributed by atoms with Crippen LogP contribution in [-0.4, -0.2) is 43.3 Å². The Labute approximate surface area is 112 Å². The summed E-state index contributed by atoms with van der Waals surface area (Å²) in [6, 6.07) is 6.80. The van der Waals surface area contributed by atoms with E-state index < -0.39 is 0 Å². The lowest BCUT2D eigenvalue weighted by atomic mass is 10.1. The minimum Gasteiger partial charge on any atom is -0.355 e. The van der Waals surface area contributed by atoms with Crippen molar-refractivity contribution in [1.82, 2.24) is 10.2 Å². The van der Waals surface area contributed by atoms with Crippen LogP contribution in [0.1, 0.15) is 17.3 Å². The summed E-state index contributed by atoms with van der Waals surface area (Å²) in [6.45, 7) is 2.85. The van der Waals surface area contributed by atoms with Crippen molar-refractivity contribution in [3.63, 3.8) is 0 Å². The molecule has 0 radical (unpaired) electrons. The molecule has 1 aromatic rings. The Kier molecular flexibility index (Phi) is 5.82. The zero-order valence-electron chi connectivity index (χ0n) is 10.6. The lowest BCUT2D eigenvalue weighted by Gasteiger charge is -2.15. The predicted molar refractivity (Wildman–Crippen MR) is 72.0 cm³/mol. The van der Waals surface area contributed by atoms with Gasteiger partial charge in [0.1, 0.15) is 0 Å². The molecule has 0 heterocycles. The molecule has 0 unspecified atom stereocenters. The Hall–Kier alpha value is -1.39. The summed E-state index contributed by atoms with van der Waals surface area (Å²) >= 11 is 5.82. The number of rotatable bonds is 6. The van der Waals surface area contributed by atoms with Gasteiger partial charge in [0, 0.05) is 17.1 Å². The molecular weight excluding hydrogens is 252 g/mol. The fourth-order valence-electron chi connectivity index (χ4n) is 1.55. The van der Waals surface area contributed by atoms with Crippen molar-refractivity contribution in [2.24, 2.45) is 0 Å². The maximum Gasteiger partial charge on any atom is 0.234 e. The smallest absolute Gasteiger partial charge is 0.234 e. The van der Waals surface area contributed by atoms with E-state index in [4.69, 9.17) is 11.6 Å². The summed E-state index contributed by atoms with van der Waals surface area (Å²) in [5, 5.41) is 3.22. The van der Waals surface area contributed by atoms with Crippen LogP contribution >= 0.6 is 11.6 Å². The maximum absolute atomic E-state index is 11.9. The van der Waals surface area contributed by atoms with Crippen LogP contribution in [0.4, 0.5) is 0 Å². The van der Waals surface area contributed by atoms with Gasteiger partial charge in [-0.1, -0.05) is 23.7 Å². The highest BCUT2D eigenvalue weighted by Crippen LogP contribution is 2.11. The molecule has 1 rings (SSSR count). The molecule has 4 nitrogen and oxygen atoms in total. The number of hydrogen-bond acceptors (Lipinski definition) is 3. The van der Waals surface area contributed by atoms with Gasteiger partial charge >= 0.3 is 0 Å². The molecule has 1 N–H and O–H groups in total. The van der Waals surface area contributed by atoms with E-state index in [-0.39, 0.29) is 24.8 Å². The summed E-state index contributed by atoms with van der Waals surface area (Å²) < 4.78 is 0. The molecule has 0 saturated carbocycles. The van der Waals surface area contributed by atoms with Gasteiger partial charge in [-0.05, 0) is 26.1 Å². The number of amides is 1. The first-order chi connectivity index (χ1) is 8.52. The van der Waals surface area contributed by atoms with Crippen molar-refractivity contribution in [2.75, 3.05) is 26.7 Å². The Morgan fingerprint density at radius 1 is 1.33 bits per heavy atom. The Balaban J connectivity index is 2.52. The van der Waals surface area contributed by atoms with Crippen LogP contribution in [0.3, 0.4) is 0 Å². The third-order valence-corrected chi connectivity index (χ3v) is 2.58. The average molecular weight is 269 g/mol. The quantitative estimate of drug-likeness (QED) is 0.797. The van der Waals surface area contributed by atoms with E-state index >= 15 is 0 Å². The van der Waals surface area contributed by atoms with Crippen molar-refractivity contribution < 1.29 is 9.59 Å². The lowest BCUT2D eigenvalue weighted by Crippen LogP contribution is -2.37. The van der Waals surface area contributed by atoms with Gasteiger partial charge < -0.3 is 5.32 Å². The molecule has 0 bridgehead atoms. The van der Waals surface area contributed by atoms with E-state index in [9.17, 15) is 9.59 Å². The Bertz CT molecular complexity index is 435. The van der Waals surface area contributed by atoms with Gasteiger partial charge in [0.15, 0.2) is 5.78 Å². The van der Waals surface area contributed by atoms with Crippen LogP contribution in [0.5, 0.6) is 0 Å². The van der Waals surface area contributed by atoms with Crippen LogP contribution in [0.2, 0.25) is 5.02 Å². The highest BCUT2D eigenvalue weighted by atomic mass is 35.5. The summed E-state index contributed by atoms with van der Waals surface area (Å²) in [6.07, 6.45) is 0. The van der Waals surface area contributed by atoms with Crippen molar-refractivity contribution in [3.8, 4) is 0 Å². The van der Waals surface area contributed by atoms with Gasteiger partial charge in [0.25, 0.3) is 0 Å². The number of carbonyl (C=O) groups is 2. The molecule has 0 fully saturated rings. The monoisotopic (exact) mass is 268 g/mol. The fourth-order valence-corrected chi connectivity index (χ4v) is 1.74. The molecule has 0 aliphatic carbocycles. The molecule has 18 heavy (non-hydrogen) atoms. The standard InChI is InChI=1S/C13H17ClN2O2/c1-3-15-13(18)9-16(2)8-12(17)10-5-4-6-11(14)7-10/h4-7H,3,8-9H2,1-2H3,(H,15,18).